The zero-order chi connectivity index (χ0) is 18.8. The molecule has 1 aliphatic carbocycles. The van der Waals surface area contributed by atoms with Crippen molar-refractivity contribution in [2.24, 2.45) is 5.92 Å². The van der Waals surface area contributed by atoms with E-state index in [1.807, 2.05) is 55.5 Å². The average molecular weight is 362 g/mol. The second-order valence-corrected chi connectivity index (χ2v) is 6.81. The Morgan fingerprint density at radius 2 is 1.89 bits per heavy atom. The topological polar surface area (TPSA) is 69.0 Å². The zero-order valence-electron chi connectivity index (χ0n) is 15.5. The van der Waals surface area contributed by atoms with Crippen molar-refractivity contribution < 1.29 is 9.53 Å². The molecule has 0 atom stereocenters. The molecular weight excluding hydrogens is 340 g/mol. The Kier molecular flexibility index (Phi) is 4.62. The Balaban J connectivity index is 1.64. The first kappa shape index (κ1) is 17.3. The van der Waals surface area contributed by atoms with Gasteiger partial charge in [-0.05, 0) is 49.6 Å². The molecule has 4 rings (SSSR count). The Labute approximate surface area is 158 Å². The highest BCUT2D eigenvalue weighted by Gasteiger charge is 2.25. The highest BCUT2D eigenvalue weighted by Crippen LogP contribution is 2.29. The summed E-state index contributed by atoms with van der Waals surface area (Å²) in [5.41, 5.74) is 3.75. The lowest BCUT2D eigenvalue weighted by molar-refractivity contribution is -0.122. The zero-order valence-corrected chi connectivity index (χ0v) is 15.5. The van der Waals surface area contributed by atoms with Gasteiger partial charge in [-0.3, -0.25) is 4.79 Å². The largest absolute Gasteiger partial charge is 0.466 e. The van der Waals surface area contributed by atoms with E-state index in [1.165, 1.54) is 0 Å². The highest BCUT2D eigenvalue weighted by molar-refractivity contribution is 5.93. The second kappa shape index (κ2) is 7.23. The number of hydrogen-bond donors (Lipinski definition) is 1. The van der Waals surface area contributed by atoms with Crippen molar-refractivity contribution in [3.8, 4) is 23.1 Å². The molecule has 27 heavy (non-hydrogen) atoms. The predicted octanol–water partition coefficient (Wildman–Crippen LogP) is 3.99. The van der Waals surface area contributed by atoms with E-state index in [4.69, 9.17) is 4.74 Å². The van der Waals surface area contributed by atoms with Gasteiger partial charge in [-0.2, -0.15) is 4.98 Å². The lowest BCUT2D eigenvalue weighted by Crippen LogP contribution is -2.27. The van der Waals surface area contributed by atoms with E-state index >= 15 is 0 Å². The number of rotatable bonds is 5. The molecule has 138 valence electrons. The van der Waals surface area contributed by atoms with Crippen LogP contribution in [0.25, 0.3) is 17.1 Å². The molecule has 1 saturated carbocycles. The van der Waals surface area contributed by atoms with Crippen LogP contribution in [0, 0.1) is 12.8 Å². The van der Waals surface area contributed by atoms with Crippen LogP contribution >= 0.6 is 0 Å². The number of hydrogen-bond acceptors (Lipinski definition) is 4. The molecule has 2 aromatic carbocycles. The van der Waals surface area contributed by atoms with Gasteiger partial charge < -0.3 is 10.1 Å². The third-order valence-corrected chi connectivity index (χ3v) is 5.01. The summed E-state index contributed by atoms with van der Waals surface area (Å²) >= 11 is 0. The number of methoxy groups -OCH3 is 1. The fourth-order valence-corrected chi connectivity index (χ4v) is 3.16. The van der Waals surface area contributed by atoms with Gasteiger partial charge in [0.2, 0.25) is 5.91 Å². The molecule has 1 heterocycles. The summed E-state index contributed by atoms with van der Waals surface area (Å²) in [6.07, 6.45) is 3.12. The van der Waals surface area contributed by atoms with Gasteiger partial charge in [0.25, 0.3) is 0 Å². The summed E-state index contributed by atoms with van der Waals surface area (Å²) in [5, 5.41) is 7.44. The van der Waals surface area contributed by atoms with Crippen LogP contribution < -0.4 is 10.1 Å². The number of aromatic nitrogens is 3. The molecule has 6 nitrogen and oxygen atoms in total. The summed E-state index contributed by atoms with van der Waals surface area (Å²) in [4.78, 5) is 16.6. The number of carbonyl (C=O) groups is 1. The van der Waals surface area contributed by atoms with Crippen LogP contribution in [0.5, 0.6) is 6.01 Å². The van der Waals surface area contributed by atoms with Crippen molar-refractivity contribution in [2.75, 3.05) is 12.4 Å². The molecule has 1 N–H and O–H groups in total. The molecule has 6 heteroatoms. The summed E-state index contributed by atoms with van der Waals surface area (Å²) in [6.45, 7) is 2.04. The summed E-state index contributed by atoms with van der Waals surface area (Å²) in [6, 6.07) is 16.0. The van der Waals surface area contributed by atoms with Gasteiger partial charge >= 0.3 is 6.01 Å². The van der Waals surface area contributed by atoms with Crippen LogP contribution in [0.2, 0.25) is 0 Å². The van der Waals surface area contributed by atoms with Crippen LogP contribution in [-0.4, -0.2) is 27.8 Å². The number of nitrogens with one attached hydrogen (secondary N) is 1. The molecule has 0 bridgehead atoms. The normalized spacial score (nSPS) is 13.9. The standard InChI is InChI=1S/C21H22N4O2/c1-14-6-3-4-9-18(14)19-23-21(27-2)24-25(19)17-12-10-16(11-13-17)22-20(26)15-7-5-8-15/h3-4,6,9-13,15H,5,7-8H2,1-2H3,(H,22,26). The van der Waals surface area contributed by atoms with Gasteiger partial charge in [0.15, 0.2) is 5.82 Å². The number of anilines is 1. The van der Waals surface area contributed by atoms with E-state index in [0.29, 0.717) is 6.01 Å². The number of carbonyl (C=O) groups excluding carboxylic acids is 1. The Morgan fingerprint density at radius 3 is 2.52 bits per heavy atom. The van der Waals surface area contributed by atoms with Gasteiger partial charge in [-0.15, -0.1) is 5.10 Å². The lowest BCUT2D eigenvalue weighted by atomic mass is 9.85. The van der Waals surface area contributed by atoms with Gasteiger partial charge in [-0.25, -0.2) is 4.68 Å². The fourth-order valence-electron chi connectivity index (χ4n) is 3.16. The molecule has 0 unspecified atom stereocenters. The fraction of sp³-hybridized carbons (Fsp3) is 0.286. The maximum atomic E-state index is 12.1. The summed E-state index contributed by atoms with van der Waals surface area (Å²) in [5.74, 6) is 0.991. The van der Waals surface area contributed by atoms with Crippen LogP contribution in [0.15, 0.2) is 48.5 Å². The average Bonchev–Trinajstić information content (AvgIpc) is 3.05. The lowest BCUT2D eigenvalue weighted by Gasteiger charge is -2.24. The van der Waals surface area contributed by atoms with Crippen LogP contribution in [-0.2, 0) is 4.79 Å². The van der Waals surface area contributed by atoms with Crippen molar-refractivity contribution >= 4 is 11.6 Å². The van der Waals surface area contributed by atoms with Gasteiger partial charge in [0, 0.05) is 17.2 Å². The first-order valence-electron chi connectivity index (χ1n) is 9.14. The van der Waals surface area contributed by atoms with Crippen LogP contribution in [0.1, 0.15) is 24.8 Å². The minimum Gasteiger partial charge on any atom is -0.466 e. The quantitative estimate of drug-likeness (QED) is 0.745. The molecule has 0 spiro atoms. The Morgan fingerprint density at radius 1 is 1.15 bits per heavy atom. The minimum absolute atomic E-state index is 0.108. The molecule has 1 amide bonds. The van der Waals surface area contributed by atoms with E-state index in [0.717, 1.165) is 47.6 Å². The molecule has 1 aromatic heterocycles. The Hall–Kier alpha value is -3.15. The van der Waals surface area contributed by atoms with Crippen molar-refractivity contribution in [3.05, 3.63) is 54.1 Å². The molecule has 0 radical (unpaired) electrons. The molecule has 3 aromatic rings. The minimum atomic E-state index is 0.108. The maximum absolute atomic E-state index is 12.1. The first-order valence-corrected chi connectivity index (χ1v) is 9.14. The molecule has 0 aliphatic heterocycles. The third-order valence-electron chi connectivity index (χ3n) is 5.01. The van der Waals surface area contributed by atoms with Crippen molar-refractivity contribution in [2.45, 2.75) is 26.2 Å². The molecule has 1 aliphatic rings. The number of benzene rings is 2. The maximum Gasteiger partial charge on any atom is 0.336 e. The van der Waals surface area contributed by atoms with Crippen molar-refractivity contribution in [1.82, 2.24) is 14.8 Å². The van der Waals surface area contributed by atoms with E-state index in [2.05, 4.69) is 15.4 Å². The number of ether oxygens (including phenoxy) is 1. The van der Waals surface area contributed by atoms with Crippen molar-refractivity contribution in [1.29, 1.82) is 0 Å². The number of nitrogens with zero attached hydrogens (tertiary/aromatic N) is 3. The summed E-state index contributed by atoms with van der Waals surface area (Å²) in [7, 11) is 1.56. The highest BCUT2D eigenvalue weighted by atomic mass is 16.5. The molecule has 0 saturated heterocycles. The van der Waals surface area contributed by atoms with Gasteiger partial charge in [0.05, 0.1) is 12.8 Å². The molecular formula is C21H22N4O2. The van der Waals surface area contributed by atoms with Gasteiger partial charge in [0.1, 0.15) is 0 Å². The van der Waals surface area contributed by atoms with Gasteiger partial charge in [-0.1, -0.05) is 30.7 Å². The number of aryl methyl sites for hydroxylation is 1. The molecule has 1 fully saturated rings. The Bertz CT molecular complexity index is 959. The monoisotopic (exact) mass is 362 g/mol. The second-order valence-electron chi connectivity index (χ2n) is 6.81. The first-order chi connectivity index (χ1) is 13.2. The van der Waals surface area contributed by atoms with E-state index in [9.17, 15) is 4.79 Å². The number of amides is 1. The van der Waals surface area contributed by atoms with Crippen LogP contribution in [0.4, 0.5) is 5.69 Å². The predicted molar refractivity (Wildman–Crippen MR) is 104 cm³/mol. The van der Waals surface area contributed by atoms with E-state index in [1.54, 1.807) is 11.8 Å². The van der Waals surface area contributed by atoms with Crippen LogP contribution in [0.3, 0.4) is 0 Å². The van der Waals surface area contributed by atoms with E-state index in [-0.39, 0.29) is 11.8 Å². The van der Waals surface area contributed by atoms with Crippen molar-refractivity contribution in [3.63, 3.8) is 0 Å². The SMILES string of the molecule is COc1nc(-c2ccccc2C)n(-c2ccc(NC(=O)C3CCC3)cc2)n1. The smallest absolute Gasteiger partial charge is 0.336 e. The van der Waals surface area contributed by atoms with E-state index < -0.39 is 0 Å². The summed E-state index contributed by atoms with van der Waals surface area (Å²) < 4.78 is 7.00. The third kappa shape index (κ3) is 3.43.